The molecule has 0 fully saturated rings. The molecule has 0 atom stereocenters. The molecule has 2 aromatic rings. The van der Waals surface area contributed by atoms with Crippen molar-refractivity contribution in [1.29, 1.82) is 0 Å². The van der Waals surface area contributed by atoms with E-state index < -0.39 is 0 Å². The Morgan fingerprint density at radius 1 is 1.07 bits per heavy atom. The molecular weight excluding hydrogens is 259 g/mol. The molecule has 0 bridgehead atoms. The first-order valence-corrected chi connectivity index (χ1v) is 5.36. The van der Waals surface area contributed by atoms with E-state index in [4.69, 9.17) is 11.6 Å². The highest BCUT2D eigenvalue weighted by Crippen LogP contribution is 2.28. The zero-order valence-corrected chi connectivity index (χ0v) is 9.64. The molecule has 0 amide bonds. The molecule has 0 saturated carbocycles. The molecule has 0 aromatic heterocycles. The van der Waals surface area contributed by atoms with E-state index in [0.717, 1.165) is 20.6 Å². The van der Waals surface area contributed by atoms with Crippen LogP contribution in [-0.2, 0) is 0 Å². The van der Waals surface area contributed by atoms with E-state index in [1.807, 2.05) is 42.5 Å². The quantitative estimate of drug-likeness (QED) is 0.709. The Bertz CT molecular complexity index is 434. The predicted molar refractivity (Wildman–Crippen MR) is 63.4 cm³/mol. The van der Waals surface area contributed by atoms with E-state index in [1.165, 1.54) is 0 Å². The average Bonchev–Trinajstić information content (AvgIpc) is 2.20. The first-order chi connectivity index (χ1) is 6.77. The summed E-state index contributed by atoms with van der Waals surface area (Å²) in [6, 6.07) is 16.6. The fourth-order valence-electron chi connectivity index (χ4n) is 1.27. The van der Waals surface area contributed by atoms with Crippen molar-refractivity contribution in [3.8, 4) is 11.1 Å². The molecule has 0 unspecified atom stereocenters. The Labute approximate surface area is 96.7 Å². The van der Waals surface area contributed by atoms with Crippen LogP contribution in [0.15, 0.2) is 46.9 Å². The molecule has 0 aliphatic rings. The van der Waals surface area contributed by atoms with Crippen molar-refractivity contribution in [2.75, 3.05) is 0 Å². The topological polar surface area (TPSA) is 0 Å². The second-order valence-electron chi connectivity index (χ2n) is 2.91. The summed E-state index contributed by atoms with van der Waals surface area (Å²) in [4.78, 5) is 0. The summed E-state index contributed by atoms with van der Waals surface area (Å²) in [5.74, 6) is 0. The van der Waals surface area contributed by atoms with Crippen LogP contribution in [-0.4, -0.2) is 0 Å². The van der Waals surface area contributed by atoms with Gasteiger partial charge in [-0.2, -0.15) is 0 Å². The third kappa shape index (κ3) is 1.99. The van der Waals surface area contributed by atoms with E-state index in [0.29, 0.717) is 0 Å². The third-order valence-electron chi connectivity index (χ3n) is 1.97. The van der Waals surface area contributed by atoms with Crippen LogP contribution >= 0.6 is 27.5 Å². The minimum Gasteiger partial charge on any atom is -0.0843 e. The Morgan fingerprint density at radius 2 is 1.79 bits per heavy atom. The van der Waals surface area contributed by atoms with Crippen LogP contribution in [0.2, 0.25) is 5.02 Å². The number of hydrogen-bond donors (Lipinski definition) is 0. The van der Waals surface area contributed by atoms with Crippen molar-refractivity contribution in [2.24, 2.45) is 0 Å². The fourth-order valence-corrected chi connectivity index (χ4v) is 1.89. The third-order valence-corrected chi connectivity index (χ3v) is 2.88. The molecule has 2 aromatic carbocycles. The van der Waals surface area contributed by atoms with E-state index >= 15 is 0 Å². The van der Waals surface area contributed by atoms with Gasteiger partial charge in [0.1, 0.15) is 0 Å². The molecule has 0 saturated heterocycles. The molecule has 1 radical (unpaired) electrons. The number of hydrogen-bond acceptors (Lipinski definition) is 0. The summed E-state index contributed by atoms with van der Waals surface area (Å²) in [7, 11) is 0. The standard InChI is InChI=1S/C12H7BrCl/c13-12-4-2-1-3-11(12)9-5-7-10(14)8-6-9/h1,3-8H. The van der Waals surface area contributed by atoms with E-state index in [9.17, 15) is 0 Å². The summed E-state index contributed by atoms with van der Waals surface area (Å²) < 4.78 is 1.04. The van der Waals surface area contributed by atoms with E-state index in [2.05, 4.69) is 22.0 Å². The van der Waals surface area contributed by atoms with Gasteiger partial charge in [-0.3, -0.25) is 0 Å². The second-order valence-corrected chi connectivity index (χ2v) is 4.20. The molecule has 14 heavy (non-hydrogen) atoms. The van der Waals surface area contributed by atoms with Crippen LogP contribution in [0.5, 0.6) is 0 Å². The molecule has 0 aliphatic carbocycles. The van der Waals surface area contributed by atoms with E-state index in [-0.39, 0.29) is 0 Å². The van der Waals surface area contributed by atoms with Gasteiger partial charge in [-0.15, -0.1) is 0 Å². The van der Waals surface area contributed by atoms with Crippen LogP contribution < -0.4 is 0 Å². The Hall–Kier alpha value is -0.790. The second kappa shape index (κ2) is 4.16. The highest BCUT2D eigenvalue weighted by Gasteiger charge is 2.00. The van der Waals surface area contributed by atoms with Crippen LogP contribution in [0.4, 0.5) is 0 Å². The van der Waals surface area contributed by atoms with Gasteiger partial charge in [-0.05, 0) is 35.4 Å². The van der Waals surface area contributed by atoms with Crippen LogP contribution in [0, 0.1) is 6.07 Å². The normalized spacial score (nSPS) is 10.1. The largest absolute Gasteiger partial charge is 0.0843 e. The Kier molecular flexibility index (Phi) is 2.90. The number of rotatable bonds is 1. The lowest BCUT2D eigenvalue weighted by molar-refractivity contribution is 1.58. The molecule has 0 nitrogen and oxygen atoms in total. The lowest BCUT2D eigenvalue weighted by Gasteiger charge is -2.03. The SMILES string of the molecule is Clc1ccc(-c2cc[c]cc2Br)cc1. The minimum absolute atomic E-state index is 0.757. The summed E-state index contributed by atoms with van der Waals surface area (Å²) in [5.41, 5.74) is 2.30. The van der Waals surface area contributed by atoms with Crippen molar-refractivity contribution in [1.82, 2.24) is 0 Å². The maximum absolute atomic E-state index is 5.82. The van der Waals surface area contributed by atoms with Gasteiger partial charge in [0.2, 0.25) is 0 Å². The smallest absolute Gasteiger partial charge is 0.0406 e. The zero-order chi connectivity index (χ0) is 9.97. The molecule has 2 heteroatoms. The zero-order valence-electron chi connectivity index (χ0n) is 7.30. The number of benzene rings is 2. The van der Waals surface area contributed by atoms with Crippen molar-refractivity contribution in [3.63, 3.8) is 0 Å². The molecule has 0 N–H and O–H groups in total. The van der Waals surface area contributed by atoms with Gasteiger partial charge in [0, 0.05) is 9.50 Å². The summed E-state index contributed by atoms with van der Waals surface area (Å²) in [5, 5.41) is 0.757. The minimum atomic E-state index is 0.757. The van der Waals surface area contributed by atoms with Gasteiger partial charge < -0.3 is 0 Å². The van der Waals surface area contributed by atoms with Crippen molar-refractivity contribution >= 4 is 27.5 Å². The van der Waals surface area contributed by atoms with Gasteiger partial charge >= 0.3 is 0 Å². The lowest BCUT2D eigenvalue weighted by Crippen LogP contribution is -1.78. The van der Waals surface area contributed by atoms with E-state index in [1.54, 1.807) is 0 Å². The van der Waals surface area contributed by atoms with Crippen LogP contribution in [0.3, 0.4) is 0 Å². The van der Waals surface area contributed by atoms with Crippen molar-refractivity contribution < 1.29 is 0 Å². The first-order valence-electron chi connectivity index (χ1n) is 4.19. The monoisotopic (exact) mass is 265 g/mol. The van der Waals surface area contributed by atoms with Gasteiger partial charge in [-0.1, -0.05) is 51.8 Å². The van der Waals surface area contributed by atoms with Gasteiger partial charge in [-0.25, -0.2) is 0 Å². The summed E-state index contributed by atoms with van der Waals surface area (Å²) >= 11 is 9.31. The Balaban J connectivity index is 2.50. The maximum Gasteiger partial charge on any atom is 0.0406 e. The Morgan fingerprint density at radius 3 is 2.43 bits per heavy atom. The predicted octanol–water partition coefficient (Wildman–Crippen LogP) is 4.57. The summed E-state index contributed by atoms with van der Waals surface area (Å²) in [6.07, 6.45) is 0. The highest BCUT2D eigenvalue weighted by atomic mass is 79.9. The molecule has 0 heterocycles. The lowest BCUT2D eigenvalue weighted by atomic mass is 10.1. The molecule has 69 valence electrons. The van der Waals surface area contributed by atoms with Crippen LogP contribution in [0.25, 0.3) is 11.1 Å². The van der Waals surface area contributed by atoms with Crippen LogP contribution in [0.1, 0.15) is 0 Å². The van der Waals surface area contributed by atoms with Crippen molar-refractivity contribution in [3.05, 3.63) is 58.0 Å². The molecule has 2 rings (SSSR count). The van der Waals surface area contributed by atoms with Gasteiger partial charge in [0.05, 0.1) is 0 Å². The average molecular weight is 267 g/mol. The fraction of sp³-hybridized carbons (Fsp3) is 0. The first kappa shape index (κ1) is 9.75. The van der Waals surface area contributed by atoms with Crippen molar-refractivity contribution in [2.45, 2.75) is 0 Å². The number of halogens is 2. The maximum atomic E-state index is 5.82. The highest BCUT2D eigenvalue weighted by molar-refractivity contribution is 9.10. The molecular formula is C12H7BrCl. The van der Waals surface area contributed by atoms with Gasteiger partial charge in [0.15, 0.2) is 0 Å². The molecule has 0 spiro atoms. The molecule has 0 aliphatic heterocycles. The summed E-state index contributed by atoms with van der Waals surface area (Å²) in [6.45, 7) is 0. The van der Waals surface area contributed by atoms with Gasteiger partial charge in [0.25, 0.3) is 0 Å².